The molecule has 0 amide bonds. The fourth-order valence-corrected chi connectivity index (χ4v) is 2.12. The minimum absolute atomic E-state index is 0.271. The highest BCUT2D eigenvalue weighted by Crippen LogP contribution is 2.26. The van der Waals surface area contributed by atoms with Gasteiger partial charge in [0.25, 0.3) is 0 Å². The molecule has 0 aliphatic carbocycles. The first-order valence-electron chi connectivity index (χ1n) is 6.58. The second kappa shape index (κ2) is 5.40. The van der Waals surface area contributed by atoms with Gasteiger partial charge in [-0.1, -0.05) is 5.16 Å². The first-order valence-corrected chi connectivity index (χ1v) is 6.58. The molecule has 0 aliphatic heterocycles. The van der Waals surface area contributed by atoms with Gasteiger partial charge in [-0.25, -0.2) is 4.39 Å². The van der Waals surface area contributed by atoms with E-state index in [1.807, 2.05) is 26.2 Å². The van der Waals surface area contributed by atoms with Crippen molar-refractivity contribution in [1.82, 2.24) is 14.9 Å². The third-order valence-electron chi connectivity index (χ3n) is 3.26. The Morgan fingerprint density at radius 2 is 2.00 bits per heavy atom. The van der Waals surface area contributed by atoms with Crippen LogP contribution in [0.4, 0.5) is 10.2 Å². The Labute approximate surface area is 121 Å². The third-order valence-corrected chi connectivity index (χ3v) is 3.26. The molecule has 6 heteroatoms. The molecule has 3 aromatic rings. The standard InChI is InChI=1S/C15H15FN4O/c1-10-13(9-17-14-7-8-20(2)18-14)15(19-21-10)11-3-5-12(16)6-4-11/h3-8H,9H2,1-2H3,(H,17,18). The molecular weight excluding hydrogens is 271 g/mol. The molecule has 2 aromatic heterocycles. The molecule has 21 heavy (non-hydrogen) atoms. The number of hydrogen-bond donors (Lipinski definition) is 1. The molecule has 0 unspecified atom stereocenters. The van der Waals surface area contributed by atoms with E-state index in [1.165, 1.54) is 12.1 Å². The van der Waals surface area contributed by atoms with Crippen LogP contribution in [0.3, 0.4) is 0 Å². The lowest BCUT2D eigenvalue weighted by Gasteiger charge is -2.04. The number of rotatable bonds is 4. The molecule has 0 fully saturated rings. The third kappa shape index (κ3) is 2.79. The predicted molar refractivity (Wildman–Crippen MR) is 77.2 cm³/mol. The molecule has 5 nitrogen and oxygen atoms in total. The van der Waals surface area contributed by atoms with E-state index < -0.39 is 0 Å². The Kier molecular flexibility index (Phi) is 3.43. The van der Waals surface area contributed by atoms with Crippen molar-refractivity contribution >= 4 is 5.82 Å². The lowest BCUT2D eigenvalue weighted by Crippen LogP contribution is -2.02. The number of anilines is 1. The number of hydrogen-bond acceptors (Lipinski definition) is 4. The molecule has 0 saturated heterocycles. The van der Waals surface area contributed by atoms with Crippen LogP contribution in [0.5, 0.6) is 0 Å². The quantitative estimate of drug-likeness (QED) is 0.800. The van der Waals surface area contributed by atoms with E-state index in [4.69, 9.17) is 4.52 Å². The van der Waals surface area contributed by atoms with Crippen molar-refractivity contribution < 1.29 is 8.91 Å². The summed E-state index contributed by atoms with van der Waals surface area (Å²) in [7, 11) is 1.86. The van der Waals surface area contributed by atoms with Gasteiger partial charge < -0.3 is 9.84 Å². The predicted octanol–water partition coefficient (Wildman–Crippen LogP) is 3.13. The average Bonchev–Trinajstić information content (AvgIpc) is 3.04. The number of benzene rings is 1. The van der Waals surface area contributed by atoms with E-state index in [2.05, 4.69) is 15.6 Å². The van der Waals surface area contributed by atoms with Crippen LogP contribution in [0.1, 0.15) is 11.3 Å². The molecule has 0 saturated carbocycles. The molecule has 2 heterocycles. The number of aromatic nitrogens is 3. The molecule has 0 atom stereocenters. The highest BCUT2D eigenvalue weighted by molar-refractivity contribution is 5.63. The summed E-state index contributed by atoms with van der Waals surface area (Å²) in [6, 6.07) is 8.10. The molecular formula is C15H15FN4O. The van der Waals surface area contributed by atoms with Gasteiger partial charge in [-0.15, -0.1) is 0 Å². The van der Waals surface area contributed by atoms with Crippen molar-refractivity contribution in [2.45, 2.75) is 13.5 Å². The second-order valence-corrected chi connectivity index (χ2v) is 4.80. The smallest absolute Gasteiger partial charge is 0.148 e. The van der Waals surface area contributed by atoms with Crippen LogP contribution in [0.15, 0.2) is 41.1 Å². The van der Waals surface area contributed by atoms with E-state index in [9.17, 15) is 4.39 Å². The fourth-order valence-electron chi connectivity index (χ4n) is 2.12. The van der Waals surface area contributed by atoms with Crippen molar-refractivity contribution in [3.05, 3.63) is 53.7 Å². The van der Waals surface area contributed by atoms with Gasteiger partial charge in [-0.3, -0.25) is 4.68 Å². The Morgan fingerprint density at radius 1 is 1.24 bits per heavy atom. The van der Waals surface area contributed by atoms with E-state index in [0.717, 1.165) is 28.4 Å². The topological polar surface area (TPSA) is 55.9 Å². The molecule has 0 aliphatic rings. The van der Waals surface area contributed by atoms with Crippen molar-refractivity contribution in [2.75, 3.05) is 5.32 Å². The Bertz CT molecular complexity index is 745. The summed E-state index contributed by atoms with van der Waals surface area (Å²) in [5.41, 5.74) is 2.48. The Balaban J connectivity index is 1.85. The van der Waals surface area contributed by atoms with E-state index in [-0.39, 0.29) is 5.82 Å². The summed E-state index contributed by atoms with van der Waals surface area (Å²) >= 11 is 0. The normalized spacial score (nSPS) is 10.8. The molecule has 0 spiro atoms. The first kappa shape index (κ1) is 13.4. The number of aryl methyl sites for hydroxylation is 2. The van der Waals surface area contributed by atoms with E-state index in [1.54, 1.807) is 16.8 Å². The summed E-state index contributed by atoms with van der Waals surface area (Å²) < 4.78 is 20.0. The van der Waals surface area contributed by atoms with Gasteiger partial charge in [0.2, 0.25) is 0 Å². The van der Waals surface area contributed by atoms with Gasteiger partial charge in [0, 0.05) is 37.0 Å². The highest BCUT2D eigenvalue weighted by atomic mass is 19.1. The Hall–Kier alpha value is -2.63. The van der Waals surface area contributed by atoms with Crippen LogP contribution >= 0.6 is 0 Å². The monoisotopic (exact) mass is 286 g/mol. The zero-order valence-electron chi connectivity index (χ0n) is 11.8. The first-order chi connectivity index (χ1) is 10.1. The lowest BCUT2D eigenvalue weighted by atomic mass is 10.1. The minimum Gasteiger partial charge on any atom is -0.364 e. The van der Waals surface area contributed by atoms with Crippen molar-refractivity contribution in [3.8, 4) is 11.3 Å². The van der Waals surface area contributed by atoms with Gasteiger partial charge >= 0.3 is 0 Å². The summed E-state index contributed by atoms with van der Waals surface area (Å²) in [5, 5.41) is 11.6. The maximum absolute atomic E-state index is 13.0. The second-order valence-electron chi connectivity index (χ2n) is 4.80. The lowest BCUT2D eigenvalue weighted by molar-refractivity contribution is 0.398. The largest absolute Gasteiger partial charge is 0.364 e. The van der Waals surface area contributed by atoms with Crippen LogP contribution in [0, 0.1) is 12.7 Å². The van der Waals surface area contributed by atoms with Gasteiger partial charge in [-0.2, -0.15) is 5.10 Å². The maximum Gasteiger partial charge on any atom is 0.148 e. The average molecular weight is 286 g/mol. The molecule has 1 aromatic carbocycles. The van der Waals surface area contributed by atoms with E-state index in [0.29, 0.717) is 6.54 Å². The number of nitrogens with zero attached hydrogens (tertiary/aromatic N) is 3. The minimum atomic E-state index is -0.271. The van der Waals surface area contributed by atoms with Crippen LogP contribution in [-0.4, -0.2) is 14.9 Å². The fraction of sp³-hybridized carbons (Fsp3) is 0.200. The summed E-state index contributed by atoms with van der Waals surface area (Å²) in [6.07, 6.45) is 1.86. The maximum atomic E-state index is 13.0. The van der Waals surface area contributed by atoms with Crippen molar-refractivity contribution in [1.29, 1.82) is 0 Å². The molecule has 108 valence electrons. The molecule has 0 bridgehead atoms. The SMILES string of the molecule is Cc1onc(-c2ccc(F)cc2)c1CNc1ccn(C)n1. The van der Waals surface area contributed by atoms with Crippen LogP contribution in [-0.2, 0) is 13.6 Å². The molecule has 0 radical (unpaired) electrons. The zero-order chi connectivity index (χ0) is 14.8. The number of nitrogens with one attached hydrogen (secondary N) is 1. The van der Waals surface area contributed by atoms with Gasteiger partial charge in [0.15, 0.2) is 0 Å². The molecule has 1 N–H and O–H groups in total. The summed E-state index contributed by atoms with van der Waals surface area (Å²) in [5.74, 6) is 1.24. The summed E-state index contributed by atoms with van der Waals surface area (Å²) in [6.45, 7) is 2.40. The van der Waals surface area contributed by atoms with E-state index >= 15 is 0 Å². The van der Waals surface area contributed by atoms with Crippen molar-refractivity contribution in [3.63, 3.8) is 0 Å². The van der Waals surface area contributed by atoms with Gasteiger partial charge in [0.1, 0.15) is 23.1 Å². The molecule has 3 rings (SSSR count). The van der Waals surface area contributed by atoms with Crippen LogP contribution < -0.4 is 5.32 Å². The number of halogens is 1. The Morgan fingerprint density at radius 3 is 2.67 bits per heavy atom. The van der Waals surface area contributed by atoms with Gasteiger partial charge in [0.05, 0.1) is 0 Å². The van der Waals surface area contributed by atoms with Crippen molar-refractivity contribution in [2.24, 2.45) is 7.05 Å². The van der Waals surface area contributed by atoms with Crippen LogP contribution in [0.2, 0.25) is 0 Å². The van der Waals surface area contributed by atoms with Gasteiger partial charge in [-0.05, 0) is 31.2 Å². The summed E-state index contributed by atoms with van der Waals surface area (Å²) in [4.78, 5) is 0. The van der Waals surface area contributed by atoms with Crippen LogP contribution in [0.25, 0.3) is 11.3 Å². The zero-order valence-corrected chi connectivity index (χ0v) is 11.8. The highest BCUT2D eigenvalue weighted by Gasteiger charge is 2.14.